The lowest BCUT2D eigenvalue weighted by Gasteiger charge is -2.28. The fraction of sp³-hybridized carbons (Fsp3) is 0.486. The minimum absolute atomic E-state index is 0.109. The molecule has 0 saturated carbocycles. The molecular formula is C37H44Cl2FN3O4. The molecule has 1 amide bonds. The van der Waals surface area contributed by atoms with Crippen LogP contribution in [-0.2, 0) is 17.8 Å². The van der Waals surface area contributed by atoms with Gasteiger partial charge in [-0.3, -0.25) is 4.79 Å². The molecule has 0 bridgehead atoms. The third-order valence-corrected chi connectivity index (χ3v) is 10.0. The Labute approximate surface area is 287 Å². The number of nitrogens with zero attached hydrogens (tertiary/aromatic N) is 1. The first-order valence-electron chi connectivity index (χ1n) is 16.9. The molecule has 10 heteroatoms. The SMILES string of the molecule is CCOc1cc(O[C@H]2CCc3c(-c4cccc(OCCCN5CCC(F)CC5)c4Cl)cccc32)c(Cl)cc1CNCC1CCC(=O)N1. The summed E-state index contributed by atoms with van der Waals surface area (Å²) < 4.78 is 32.1. The van der Waals surface area contributed by atoms with E-state index in [1.54, 1.807) is 0 Å². The summed E-state index contributed by atoms with van der Waals surface area (Å²) in [6.45, 7) is 6.81. The molecule has 252 valence electrons. The van der Waals surface area contributed by atoms with Gasteiger partial charge < -0.3 is 29.7 Å². The molecule has 6 rings (SSSR count). The lowest BCUT2D eigenvalue weighted by Crippen LogP contribution is -2.35. The lowest BCUT2D eigenvalue weighted by atomic mass is 9.96. The first-order valence-corrected chi connectivity index (χ1v) is 17.7. The summed E-state index contributed by atoms with van der Waals surface area (Å²) in [4.78, 5) is 13.8. The fourth-order valence-electron chi connectivity index (χ4n) is 6.88. The van der Waals surface area contributed by atoms with E-state index >= 15 is 0 Å². The zero-order chi connectivity index (χ0) is 32.8. The molecule has 47 heavy (non-hydrogen) atoms. The van der Waals surface area contributed by atoms with Gasteiger partial charge in [0.2, 0.25) is 5.91 Å². The van der Waals surface area contributed by atoms with Crippen LogP contribution in [0.3, 0.4) is 0 Å². The maximum atomic E-state index is 13.4. The number of alkyl halides is 1. The van der Waals surface area contributed by atoms with Gasteiger partial charge in [-0.1, -0.05) is 53.5 Å². The molecule has 1 aliphatic carbocycles. The molecule has 2 heterocycles. The summed E-state index contributed by atoms with van der Waals surface area (Å²) in [5, 5.41) is 7.55. The number of carbonyl (C=O) groups excluding carboxylic acids is 1. The molecule has 3 aromatic carbocycles. The summed E-state index contributed by atoms with van der Waals surface area (Å²) in [5.74, 6) is 2.10. The third kappa shape index (κ3) is 8.34. The Morgan fingerprint density at radius 2 is 1.77 bits per heavy atom. The van der Waals surface area contributed by atoms with Gasteiger partial charge in [0.05, 0.1) is 23.3 Å². The van der Waals surface area contributed by atoms with Crippen LogP contribution >= 0.6 is 23.2 Å². The molecular weight excluding hydrogens is 640 g/mol. The average molecular weight is 685 g/mol. The Hall–Kier alpha value is -3.04. The van der Waals surface area contributed by atoms with Crippen LogP contribution in [0.4, 0.5) is 4.39 Å². The molecule has 7 nitrogen and oxygen atoms in total. The van der Waals surface area contributed by atoms with E-state index in [0.29, 0.717) is 67.1 Å². The number of benzene rings is 3. The fourth-order valence-corrected chi connectivity index (χ4v) is 7.39. The Kier molecular flexibility index (Phi) is 11.5. The molecule has 1 unspecified atom stereocenters. The van der Waals surface area contributed by atoms with Gasteiger partial charge in [0.15, 0.2) is 0 Å². The van der Waals surface area contributed by atoms with Gasteiger partial charge in [0.1, 0.15) is 29.5 Å². The molecule has 3 aliphatic rings. The number of likely N-dealkylation sites (tertiary alicyclic amines) is 1. The number of hydrogen-bond donors (Lipinski definition) is 2. The molecule has 3 aromatic rings. The van der Waals surface area contributed by atoms with E-state index in [2.05, 4.69) is 33.7 Å². The van der Waals surface area contributed by atoms with Gasteiger partial charge >= 0.3 is 0 Å². The second-order valence-corrected chi connectivity index (χ2v) is 13.4. The molecule has 0 aromatic heterocycles. The van der Waals surface area contributed by atoms with E-state index in [0.717, 1.165) is 73.3 Å². The molecule has 0 radical (unpaired) electrons. The molecule has 2 atom stereocenters. The van der Waals surface area contributed by atoms with Crippen molar-refractivity contribution in [2.75, 3.05) is 39.4 Å². The zero-order valence-electron chi connectivity index (χ0n) is 27.0. The van der Waals surface area contributed by atoms with Crippen molar-refractivity contribution in [1.29, 1.82) is 0 Å². The van der Waals surface area contributed by atoms with Crippen molar-refractivity contribution in [3.05, 3.63) is 75.3 Å². The van der Waals surface area contributed by atoms with Crippen LogP contribution in [0.2, 0.25) is 10.0 Å². The summed E-state index contributed by atoms with van der Waals surface area (Å²) >= 11 is 13.7. The number of ether oxygens (including phenoxy) is 3. The van der Waals surface area contributed by atoms with E-state index < -0.39 is 6.17 Å². The van der Waals surface area contributed by atoms with Gasteiger partial charge in [-0.15, -0.1) is 0 Å². The van der Waals surface area contributed by atoms with Crippen molar-refractivity contribution in [2.24, 2.45) is 0 Å². The predicted molar refractivity (Wildman–Crippen MR) is 185 cm³/mol. The number of fused-ring (bicyclic) bond motifs is 1. The Balaban J connectivity index is 1.11. The van der Waals surface area contributed by atoms with Crippen molar-refractivity contribution in [2.45, 2.75) is 76.7 Å². The normalized spacial score (nSPS) is 19.9. The maximum absolute atomic E-state index is 13.4. The van der Waals surface area contributed by atoms with Crippen LogP contribution in [-0.4, -0.2) is 62.4 Å². The summed E-state index contributed by atoms with van der Waals surface area (Å²) in [5.41, 5.74) is 5.31. The monoisotopic (exact) mass is 683 g/mol. The van der Waals surface area contributed by atoms with E-state index in [1.807, 2.05) is 37.3 Å². The highest BCUT2D eigenvalue weighted by atomic mass is 35.5. The summed E-state index contributed by atoms with van der Waals surface area (Å²) in [7, 11) is 0. The van der Waals surface area contributed by atoms with Crippen molar-refractivity contribution in [3.8, 4) is 28.4 Å². The molecule has 0 spiro atoms. The molecule has 2 fully saturated rings. The largest absolute Gasteiger partial charge is 0.493 e. The standard InChI is InChI=1S/C37H44Cl2FN3O4/c1-2-45-34-21-35(31(38)20-24(34)22-41-23-26-10-13-36(44)42-26)47-32-12-11-28-27(6-3-7-29(28)32)30-8-4-9-33(37(30)39)46-19-5-16-43-17-14-25(40)15-18-43/h3-4,6-9,20-21,25-26,32,41H,2,5,10-19,22-23H2,1H3,(H,42,44)/t26?,32-/m0/s1. The van der Waals surface area contributed by atoms with E-state index in [4.69, 9.17) is 37.4 Å². The highest BCUT2D eigenvalue weighted by Gasteiger charge is 2.29. The molecule has 2 saturated heterocycles. The molecule has 2 N–H and O–H groups in total. The van der Waals surface area contributed by atoms with Crippen LogP contribution in [0.25, 0.3) is 11.1 Å². The first kappa shape index (κ1) is 33.8. The van der Waals surface area contributed by atoms with Crippen molar-refractivity contribution < 1.29 is 23.4 Å². The summed E-state index contributed by atoms with van der Waals surface area (Å²) in [6.07, 6.45) is 4.38. The summed E-state index contributed by atoms with van der Waals surface area (Å²) in [6, 6.07) is 16.2. The number of rotatable bonds is 14. The third-order valence-electron chi connectivity index (χ3n) is 9.34. The van der Waals surface area contributed by atoms with Crippen molar-refractivity contribution in [3.63, 3.8) is 0 Å². The van der Waals surface area contributed by atoms with Crippen LogP contribution < -0.4 is 24.8 Å². The first-order chi connectivity index (χ1) is 22.9. The van der Waals surface area contributed by atoms with Crippen LogP contribution in [0.15, 0.2) is 48.5 Å². The van der Waals surface area contributed by atoms with E-state index in [-0.39, 0.29) is 18.1 Å². The van der Waals surface area contributed by atoms with Crippen molar-refractivity contribution in [1.82, 2.24) is 15.5 Å². The Morgan fingerprint density at radius 1 is 0.957 bits per heavy atom. The van der Waals surface area contributed by atoms with Crippen LogP contribution in [0.5, 0.6) is 17.2 Å². The smallest absolute Gasteiger partial charge is 0.220 e. The number of nitrogens with one attached hydrogen (secondary N) is 2. The predicted octanol–water partition coefficient (Wildman–Crippen LogP) is 7.70. The number of carbonyl (C=O) groups is 1. The van der Waals surface area contributed by atoms with Gasteiger partial charge in [-0.25, -0.2) is 4.39 Å². The van der Waals surface area contributed by atoms with Gasteiger partial charge in [0.25, 0.3) is 0 Å². The number of amides is 1. The second-order valence-electron chi connectivity index (χ2n) is 12.6. The minimum Gasteiger partial charge on any atom is -0.493 e. The highest BCUT2D eigenvalue weighted by Crippen LogP contribution is 2.45. The van der Waals surface area contributed by atoms with Crippen LogP contribution in [0.1, 0.15) is 68.2 Å². The molecule has 2 aliphatic heterocycles. The van der Waals surface area contributed by atoms with Gasteiger partial charge in [-0.05, 0) is 74.3 Å². The van der Waals surface area contributed by atoms with Gasteiger partial charge in [0, 0.05) is 62.4 Å². The quantitative estimate of drug-likeness (QED) is 0.170. The maximum Gasteiger partial charge on any atom is 0.220 e. The second kappa shape index (κ2) is 15.9. The topological polar surface area (TPSA) is 72.1 Å². The van der Waals surface area contributed by atoms with E-state index in [1.165, 1.54) is 5.56 Å². The average Bonchev–Trinajstić information content (AvgIpc) is 3.68. The minimum atomic E-state index is -0.657. The number of halogens is 3. The number of hydrogen-bond acceptors (Lipinski definition) is 6. The highest BCUT2D eigenvalue weighted by molar-refractivity contribution is 6.35. The van der Waals surface area contributed by atoms with Crippen molar-refractivity contribution >= 4 is 29.1 Å². The van der Waals surface area contributed by atoms with E-state index in [9.17, 15) is 9.18 Å². The Morgan fingerprint density at radius 3 is 2.55 bits per heavy atom. The number of piperidine rings is 1. The van der Waals surface area contributed by atoms with Crippen LogP contribution in [0, 0.1) is 0 Å². The Bertz CT molecular complexity index is 1550. The zero-order valence-corrected chi connectivity index (χ0v) is 28.5. The lowest BCUT2D eigenvalue weighted by molar-refractivity contribution is -0.119. The van der Waals surface area contributed by atoms with Gasteiger partial charge in [-0.2, -0.15) is 0 Å².